The first-order chi connectivity index (χ1) is 21.6. The van der Waals surface area contributed by atoms with Crippen LogP contribution >= 0.6 is 0 Å². The Hall–Kier alpha value is -3.05. The minimum absolute atomic E-state index is 0.0499. The molecule has 2 saturated heterocycles. The lowest BCUT2D eigenvalue weighted by molar-refractivity contribution is -0.121. The fraction of sp³-hybridized carbons (Fsp3) is 0.629. The summed E-state index contributed by atoms with van der Waals surface area (Å²) in [6, 6.07) is 7.54. The Kier molecular flexibility index (Phi) is 9.21. The maximum atomic E-state index is 13.3. The second kappa shape index (κ2) is 13.0. The number of carbonyl (C=O) groups is 3. The van der Waals surface area contributed by atoms with E-state index in [1.807, 2.05) is 12.1 Å². The Balaban J connectivity index is 1.08. The van der Waals surface area contributed by atoms with Gasteiger partial charge in [0.15, 0.2) is 0 Å². The summed E-state index contributed by atoms with van der Waals surface area (Å²) in [5, 5.41) is 14.1. The van der Waals surface area contributed by atoms with E-state index >= 15 is 0 Å². The van der Waals surface area contributed by atoms with E-state index in [9.17, 15) is 14.4 Å². The zero-order valence-corrected chi connectivity index (χ0v) is 26.5. The number of epoxide rings is 1. The second-order valence-electron chi connectivity index (χ2n) is 14.0. The molecular weight excluding hydrogens is 576 g/mol. The van der Waals surface area contributed by atoms with E-state index < -0.39 is 24.3 Å². The number of carbonyl (C=O) groups excluding carboxylic acids is 3. The first-order valence-corrected chi connectivity index (χ1v) is 16.4. The minimum Gasteiger partial charge on any atom is -0.456 e. The summed E-state index contributed by atoms with van der Waals surface area (Å²) in [5.74, 6) is 0.166. The molecular formula is C35H46N2O8. The molecule has 1 aromatic carbocycles. The highest BCUT2D eigenvalue weighted by atomic mass is 16.7. The molecule has 10 nitrogen and oxygen atoms in total. The van der Waals surface area contributed by atoms with Crippen LogP contribution in [-0.2, 0) is 28.5 Å². The average molecular weight is 623 g/mol. The molecule has 7 atom stereocenters. The summed E-state index contributed by atoms with van der Waals surface area (Å²) in [6.07, 6.45) is 8.57. The molecule has 2 aliphatic heterocycles. The van der Waals surface area contributed by atoms with E-state index in [-0.39, 0.29) is 56.7 Å². The zero-order chi connectivity index (χ0) is 31.8. The van der Waals surface area contributed by atoms with Crippen LogP contribution in [0.2, 0.25) is 0 Å². The van der Waals surface area contributed by atoms with Crippen molar-refractivity contribution in [2.75, 3.05) is 26.5 Å². The molecule has 0 aromatic heterocycles. The maximum Gasteiger partial charge on any atom is 0.338 e. The normalized spacial score (nSPS) is 34.0. The van der Waals surface area contributed by atoms with Crippen LogP contribution in [0.4, 0.5) is 0 Å². The quantitative estimate of drug-likeness (QED) is 0.281. The van der Waals surface area contributed by atoms with Crippen LogP contribution in [0.1, 0.15) is 81.6 Å². The average Bonchev–Trinajstić information content (AvgIpc) is 3.39. The van der Waals surface area contributed by atoms with Crippen LogP contribution in [0.25, 0.3) is 6.08 Å². The molecule has 45 heavy (non-hydrogen) atoms. The number of esters is 1. The summed E-state index contributed by atoms with van der Waals surface area (Å²) in [5.41, 5.74) is 3.82. The summed E-state index contributed by atoms with van der Waals surface area (Å²) in [7, 11) is 0. The van der Waals surface area contributed by atoms with Crippen molar-refractivity contribution >= 4 is 23.9 Å². The largest absolute Gasteiger partial charge is 0.456 e. The van der Waals surface area contributed by atoms with Crippen molar-refractivity contribution in [3.8, 4) is 0 Å². The SMILES string of the molecule is CC1(C)C[C@@H]2C(=Cc3ccc(C(=O)O[C@@H]4CC(C(=O)NCCC(=O)NCCO)=C[C@H]5OCO[C@H]54)cc3)CCC3O[C@]3(C)CC[C@H]21. The third-order valence-electron chi connectivity index (χ3n) is 10.5. The van der Waals surface area contributed by atoms with Gasteiger partial charge in [0.1, 0.15) is 25.1 Å². The molecule has 0 bridgehead atoms. The van der Waals surface area contributed by atoms with E-state index in [1.54, 1.807) is 18.2 Å². The summed E-state index contributed by atoms with van der Waals surface area (Å²) in [4.78, 5) is 37.9. The molecule has 0 spiro atoms. The Morgan fingerprint density at radius 1 is 1.07 bits per heavy atom. The van der Waals surface area contributed by atoms with Gasteiger partial charge < -0.3 is 34.7 Å². The number of allylic oxidation sites excluding steroid dienone is 1. The van der Waals surface area contributed by atoms with Gasteiger partial charge in [-0.2, -0.15) is 0 Å². The number of benzene rings is 1. The third-order valence-corrected chi connectivity index (χ3v) is 10.5. The molecule has 2 saturated carbocycles. The molecule has 244 valence electrons. The van der Waals surface area contributed by atoms with Crippen molar-refractivity contribution in [3.05, 3.63) is 52.6 Å². The highest BCUT2D eigenvalue weighted by molar-refractivity contribution is 5.94. The van der Waals surface area contributed by atoms with Crippen molar-refractivity contribution in [2.24, 2.45) is 17.3 Å². The smallest absolute Gasteiger partial charge is 0.338 e. The van der Waals surface area contributed by atoms with E-state index in [2.05, 4.69) is 37.5 Å². The third kappa shape index (κ3) is 7.04. The Morgan fingerprint density at radius 3 is 2.62 bits per heavy atom. The van der Waals surface area contributed by atoms with Gasteiger partial charge in [-0.25, -0.2) is 4.79 Å². The summed E-state index contributed by atoms with van der Waals surface area (Å²) < 4.78 is 23.3. The topological polar surface area (TPSA) is 136 Å². The van der Waals surface area contributed by atoms with Crippen molar-refractivity contribution in [1.82, 2.24) is 10.6 Å². The highest BCUT2D eigenvalue weighted by Gasteiger charge is 2.56. The van der Waals surface area contributed by atoms with Crippen LogP contribution in [0.5, 0.6) is 0 Å². The van der Waals surface area contributed by atoms with Gasteiger partial charge in [0.05, 0.1) is 23.9 Å². The lowest BCUT2D eigenvalue weighted by Gasteiger charge is -2.53. The predicted octanol–water partition coefficient (Wildman–Crippen LogP) is 3.68. The van der Waals surface area contributed by atoms with Gasteiger partial charge in [-0.05, 0) is 80.1 Å². The number of nitrogens with one attached hydrogen (secondary N) is 2. The molecule has 3 N–H and O–H groups in total. The first kappa shape index (κ1) is 31.9. The molecule has 2 amide bonds. The van der Waals surface area contributed by atoms with Gasteiger partial charge >= 0.3 is 5.97 Å². The van der Waals surface area contributed by atoms with Gasteiger partial charge in [0.2, 0.25) is 11.8 Å². The number of hydrogen-bond donors (Lipinski definition) is 3. The lowest BCUT2D eigenvalue weighted by Crippen LogP contribution is -2.45. The molecule has 6 rings (SSSR count). The van der Waals surface area contributed by atoms with Crippen LogP contribution in [0, 0.1) is 17.3 Å². The molecule has 0 radical (unpaired) electrons. The summed E-state index contributed by atoms with van der Waals surface area (Å²) >= 11 is 0. The fourth-order valence-corrected chi connectivity index (χ4v) is 7.75. The number of aliphatic hydroxyl groups excluding tert-OH is 1. The number of amides is 2. The molecule has 2 heterocycles. The van der Waals surface area contributed by atoms with Crippen molar-refractivity contribution < 1.29 is 38.4 Å². The van der Waals surface area contributed by atoms with E-state index in [0.717, 1.165) is 24.8 Å². The van der Waals surface area contributed by atoms with Crippen molar-refractivity contribution in [3.63, 3.8) is 0 Å². The highest BCUT2D eigenvalue weighted by Crippen LogP contribution is 2.59. The number of rotatable bonds is 9. The van der Waals surface area contributed by atoms with Crippen molar-refractivity contribution in [1.29, 1.82) is 0 Å². The van der Waals surface area contributed by atoms with Crippen LogP contribution < -0.4 is 10.6 Å². The number of hydrogen-bond acceptors (Lipinski definition) is 8. The van der Waals surface area contributed by atoms with E-state index in [1.165, 1.54) is 18.4 Å². The maximum absolute atomic E-state index is 13.3. The predicted molar refractivity (Wildman–Crippen MR) is 166 cm³/mol. The first-order valence-electron chi connectivity index (χ1n) is 16.4. The lowest BCUT2D eigenvalue weighted by atomic mass is 9.52. The van der Waals surface area contributed by atoms with Gasteiger partial charge in [0, 0.05) is 31.5 Å². The second-order valence-corrected chi connectivity index (χ2v) is 14.0. The molecule has 1 unspecified atom stereocenters. The standard InChI is InChI=1S/C35H46N2O8/c1-34(2)19-25-23(8-9-29-35(3,45-29)12-10-26(25)34)16-21-4-6-22(7-5-21)33(41)44-28-18-24(17-27-31(28)43-20-42-27)32(40)37-13-11-30(39)36-14-15-38/h4-7,16-17,25-29,31,38H,8-15,18-20H2,1-3H3,(H,36,39)(H,37,40)/t25-,26-,27-,28-,29?,31-,35-/m1/s1. The van der Waals surface area contributed by atoms with Crippen molar-refractivity contribution in [2.45, 2.75) is 95.7 Å². The Morgan fingerprint density at radius 2 is 1.87 bits per heavy atom. The molecule has 10 heteroatoms. The summed E-state index contributed by atoms with van der Waals surface area (Å²) in [6.45, 7) is 7.26. The van der Waals surface area contributed by atoms with Crippen LogP contribution in [0.15, 0.2) is 41.5 Å². The Labute approximate surface area is 264 Å². The van der Waals surface area contributed by atoms with Gasteiger partial charge in [-0.15, -0.1) is 0 Å². The van der Waals surface area contributed by atoms with Crippen LogP contribution in [-0.4, -0.2) is 79.4 Å². The minimum atomic E-state index is -0.696. The fourth-order valence-electron chi connectivity index (χ4n) is 7.75. The molecule has 3 aliphatic carbocycles. The van der Waals surface area contributed by atoms with Crippen LogP contribution in [0.3, 0.4) is 0 Å². The monoisotopic (exact) mass is 622 g/mol. The van der Waals surface area contributed by atoms with Gasteiger partial charge in [0.25, 0.3) is 0 Å². The molecule has 5 aliphatic rings. The van der Waals surface area contributed by atoms with Gasteiger partial charge in [-0.3, -0.25) is 9.59 Å². The number of aliphatic hydroxyl groups is 1. The van der Waals surface area contributed by atoms with E-state index in [4.69, 9.17) is 24.1 Å². The van der Waals surface area contributed by atoms with E-state index in [0.29, 0.717) is 34.5 Å². The molecule has 4 fully saturated rings. The van der Waals surface area contributed by atoms with Gasteiger partial charge in [-0.1, -0.05) is 37.6 Å². The number of fused-ring (bicyclic) bond motifs is 3. The number of ether oxygens (including phenoxy) is 4. The zero-order valence-electron chi connectivity index (χ0n) is 26.5. The molecule has 1 aromatic rings. The Bertz CT molecular complexity index is 1350.